The van der Waals surface area contributed by atoms with E-state index in [4.69, 9.17) is 5.11 Å². The van der Waals surface area contributed by atoms with Crippen LogP contribution in [0.15, 0.2) is 29.2 Å². The smallest absolute Gasteiger partial charge is 0.175 e. The third-order valence-corrected chi connectivity index (χ3v) is 4.30. The highest BCUT2D eigenvalue weighted by atomic mass is 32.2. The monoisotopic (exact) mass is 271 g/mol. The first-order chi connectivity index (χ1) is 8.30. The van der Waals surface area contributed by atoms with Gasteiger partial charge in [-0.25, -0.2) is 8.42 Å². The normalized spacial score (nSPS) is 15.1. The van der Waals surface area contributed by atoms with Crippen LogP contribution in [0.2, 0.25) is 0 Å². The standard InChI is InChI=1S/C13H21NO3S/c1-4-13(2,9-10-15)14-11-5-7-12(8-6-11)18(3,16)17/h5-8,14-15H,4,9-10H2,1-3H3. The molecule has 0 spiro atoms. The largest absolute Gasteiger partial charge is 0.396 e. The van der Waals surface area contributed by atoms with Gasteiger partial charge in [-0.3, -0.25) is 0 Å². The van der Waals surface area contributed by atoms with Crippen molar-refractivity contribution >= 4 is 15.5 Å². The first-order valence-corrected chi connectivity index (χ1v) is 7.89. The Morgan fingerprint density at radius 3 is 2.22 bits per heavy atom. The fraction of sp³-hybridized carbons (Fsp3) is 0.538. The second-order valence-electron chi connectivity index (χ2n) is 4.81. The summed E-state index contributed by atoms with van der Waals surface area (Å²) in [6.07, 6.45) is 2.72. The summed E-state index contributed by atoms with van der Waals surface area (Å²) in [6.45, 7) is 4.21. The molecule has 0 aliphatic rings. The molecule has 1 unspecified atom stereocenters. The lowest BCUT2D eigenvalue weighted by Crippen LogP contribution is -2.34. The molecule has 0 saturated heterocycles. The maximum atomic E-state index is 11.3. The molecular formula is C13H21NO3S. The third-order valence-electron chi connectivity index (χ3n) is 3.17. The summed E-state index contributed by atoms with van der Waals surface area (Å²) in [5, 5.41) is 12.4. The van der Waals surface area contributed by atoms with E-state index in [0.717, 1.165) is 12.1 Å². The summed E-state index contributed by atoms with van der Waals surface area (Å²) in [4.78, 5) is 0.313. The molecule has 0 heterocycles. The molecule has 0 amide bonds. The first kappa shape index (κ1) is 15.0. The number of hydrogen-bond acceptors (Lipinski definition) is 4. The van der Waals surface area contributed by atoms with Crippen molar-refractivity contribution in [2.24, 2.45) is 0 Å². The van der Waals surface area contributed by atoms with Crippen molar-refractivity contribution in [2.75, 3.05) is 18.2 Å². The molecule has 0 aliphatic carbocycles. The van der Waals surface area contributed by atoms with E-state index < -0.39 is 9.84 Å². The van der Waals surface area contributed by atoms with Crippen LogP contribution >= 0.6 is 0 Å². The van der Waals surface area contributed by atoms with Gasteiger partial charge in [0.2, 0.25) is 0 Å². The molecule has 1 rings (SSSR count). The van der Waals surface area contributed by atoms with Crippen LogP contribution in [-0.4, -0.2) is 31.9 Å². The van der Waals surface area contributed by atoms with Gasteiger partial charge in [-0.15, -0.1) is 0 Å². The lowest BCUT2D eigenvalue weighted by Gasteiger charge is -2.30. The van der Waals surface area contributed by atoms with Gasteiger partial charge in [0.1, 0.15) is 0 Å². The van der Waals surface area contributed by atoms with Gasteiger partial charge in [-0.1, -0.05) is 6.92 Å². The van der Waals surface area contributed by atoms with Crippen molar-refractivity contribution in [3.8, 4) is 0 Å². The van der Waals surface area contributed by atoms with Crippen molar-refractivity contribution in [1.29, 1.82) is 0 Å². The highest BCUT2D eigenvalue weighted by molar-refractivity contribution is 7.90. The number of nitrogens with one attached hydrogen (secondary N) is 1. The Balaban J connectivity index is 2.87. The quantitative estimate of drug-likeness (QED) is 0.831. The lowest BCUT2D eigenvalue weighted by molar-refractivity contribution is 0.252. The molecule has 18 heavy (non-hydrogen) atoms. The van der Waals surface area contributed by atoms with E-state index in [1.54, 1.807) is 24.3 Å². The molecule has 0 radical (unpaired) electrons. The Labute approximate surface area is 109 Å². The molecule has 1 aromatic carbocycles. The van der Waals surface area contributed by atoms with Gasteiger partial charge in [0.05, 0.1) is 4.90 Å². The summed E-state index contributed by atoms with van der Waals surface area (Å²) in [6, 6.07) is 6.68. The molecule has 102 valence electrons. The molecule has 5 heteroatoms. The Kier molecular flexibility index (Phi) is 4.76. The molecule has 0 aromatic heterocycles. The molecule has 4 nitrogen and oxygen atoms in total. The van der Waals surface area contributed by atoms with Crippen LogP contribution in [0.25, 0.3) is 0 Å². The van der Waals surface area contributed by atoms with Crippen LogP contribution in [0, 0.1) is 0 Å². The van der Waals surface area contributed by atoms with Gasteiger partial charge in [0, 0.05) is 24.1 Å². The molecule has 0 bridgehead atoms. The Morgan fingerprint density at radius 2 is 1.83 bits per heavy atom. The van der Waals surface area contributed by atoms with Crippen molar-refractivity contribution in [1.82, 2.24) is 0 Å². The predicted molar refractivity (Wildman–Crippen MR) is 73.6 cm³/mol. The van der Waals surface area contributed by atoms with Crippen molar-refractivity contribution < 1.29 is 13.5 Å². The fourth-order valence-corrected chi connectivity index (χ4v) is 2.34. The highest BCUT2D eigenvalue weighted by Gasteiger charge is 2.20. The molecule has 1 atom stereocenters. The third kappa shape index (κ3) is 3.99. The number of anilines is 1. The van der Waals surface area contributed by atoms with Crippen molar-refractivity contribution in [2.45, 2.75) is 37.1 Å². The van der Waals surface area contributed by atoms with E-state index in [-0.39, 0.29) is 12.1 Å². The van der Waals surface area contributed by atoms with Gasteiger partial charge in [0.25, 0.3) is 0 Å². The molecule has 0 saturated carbocycles. The summed E-state index contributed by atoms with van der Waals surface area (Å²) >= 11 is 0. The van der Waals surface area contributed by atoms with Gasteiger partial charge in [-0.05, 0) is 44.0 Å². The van der Waals surface area contributed by atoms with Crippen LogP contribution in [0.5, 0.6) is 0 Å². The number of aliphatic hydroxyl groups excluding tert-OH is 1. The van der Waals surface area contributed by atoms with Gasteiger partial charge in [0.15, 0.2) is 9.84 Å². The minimum Gasteiger partial charge on any atom is -0.396 e. The zero-order valence-corrected chi connectivity index (χ0v) is 11.9. The van der Waals surface area contributed by atoms with E-state index in [1.165, 1.54) is 6.26 Å². The molecule has 0 aliphatic heterocycles. The second-order valence-corrected chi connectivity index (χ2v) is 6.83. The van der Waals surface area contributed by atoms with Crippen LogP contribution in [0.4, 0.5) is 5.69 Å². The van der Waals surface area contributed by atoms with Crippen LogP contribution in [0.1, 0.15) is 26.7 Å². The molecular weight excluding hydrogens is 250 g/mol. The summed E-state index contributed by atoms with van der Waals surface area (Å²) < 4.78 is 22.7. The van der Waals surface area contributed by atoms with E-state index in [1.807, 2.05) is 13.8 Å². The van der Waals surface area contributed by atoms with E-state index in [9.17, 15) is 8.42 Å². The Bertz CT molecular complexity index is 481. The number of hydrogen-bond donors (Lipinski definition) is 2. The van der Waals surface area contributed by atoms with Gasteiger partial charge >= 0.3 is 0 Å². The number of sulfone groups is 1. The minimum atomic E-state index is -3.15. The van der Waals surface area contributed by atoms with E-state index >= 15 is 0 Å². The SMILES string of the molecule is CCC(C)(CCO)Nc1ccc(S(C)(=O)=O)cc1. The Morgan fingerprint density at radius 1 is 1.28 bits per heavy atom. The second kappa shape index (κ2) is 5.71. The Hall–Kier alpha value is -1.07. The number of rotatable bonds is 6. The summed E-state index contributed by atoms with van der Waals surface area (Å²) in [7, 11) is -3.15. The summed E-state index contributed by atoms with van der Waals surface area (Å²) in [5.41, 5.74) is 0.682. The highest BCUT2D eigenvalue weighted by Crippen LogP contribution is 2.22. The average Bonchev–Trinajstić information content (AvgIpc) is 2.29. The molecule has 0 fully saturated rings. The van der Waals surface area contributed by atoms with E-state index in [2.05, 4.69) is 5.32 Å². The summed E-state index contributed by atoms with van der Waals surface area (Å²) in [5.74, 6) is 0. The number of benzene rings is 1. The zero-order valence-electron chi connectivity index (χ0n) is 11.1. The lowest BCUT2D eigenvalue weighted by atomic mass is 9.94. The molecule has 1 aromatic rings. The topological polar surface area (TPSA) is 66.4 Å². The maximum absolute atomic E-state index is 11.3. The van der Waals surface area contributed by atoms with Crippen molar-refractivity contribution in [3.63, 3.8) is 0 Å². The average molecular weight is 271 g/mol. The first-order valence-electron chi connectivity index (χ1n) is 6.00. The maximum Gasteiger partial charge on any atom is 0.175 e. The van der Waals surface area contributed by atoms with Crippen LogP contribution in [-0.2, 0) is 9.84 Å². The van der Waals surface area contributed by atoms with Gasteiger partial charge < -0.3 is 10.4 Å². The predicted octanol–water partition coefficient (Wildman–Crippen LogP) is 2.05. The fourth-order valence-electron chi connectivity index (χ4n) is 1.71. The van der Waals surface area contributed by atoms with Crippen LogP contribution < -0.4 is 5.32 Å². The van der Waals surface area contributed by atoms with Gasteiger partial charge in [-0.2, -0.15) is 0 Å². The minimum absolute atomic E-state index is 0.124. The number of aliphatic hydroxyl groups is 1. The van der Waals surface area contributed by atoms with Crippen molar-refractivity contribution in [3.05, 3.63) is 24.3 Å². The van der Waals surface area contributed by atoms with E-state index in [0.29, 0.717) is 11.3 Å². The zero-order chi connectivity index (χ0) is 13.8. The molecule has 2 N–H and O–H groups in total. The van der Waals surface area contributed by atoms with Crippen LogP contribution in [0.3, 0.4) is 0 Å².